The molecule has 0 atom stereocenters. The average Bonchev–Trinajstić information content (AvgIpc) is 2.85. The molecule has 2 saturated heterocycles. The predicted octanol–water partition coefficient (Wildman–Crippen LogP) is 3.45. The monoisotopic (exact) mass is 469 g/mol. The van der Waals surface area contributed by atoms with Crippen molar-refractivity contribution in [2.24, 2.45) is 0 Å². The Balaban J connectivity index is 1.24. The molecule has 1 amide bonds. The first-order valence-corrected chi connectivity index (χ1v) is 13.5. The van der Waals surface area contributed by atoms with Crippen molar-refractivity contribution in [2.75, 3.05) is 39.3 Å². The highest BCUT2D eigenvalue weighted by atomic mass is 32.2. The maximum Gasteiger partial charge on any atom is 0.243 e. The van der Waals surface area contributed by atoms with Crippen LogP contribution in [0, 0.1) is 6.92 Å². The molecule has 0 N–H and O–H groups in total. The van der Waals surface area contributed by atoms with E-state index < -0.39 is 10.0 Å². The molecule has 0 radical (unpaired) electrons. The zero-order chi connectivity index (χ0) is 23.3. The molecular formula is C26H35N3O3S. The van der Waals surface area contributed by atoms with Crippen molar-refractivity contribution in [3.63, 3.8) is 0 Å². The lowest BCUT2D eigenvalue weighted by atomic mass is 10.1. The number of aryl methyl sites for hydroxylation is 2. The minimum absolute atomic E-state index is 0.176. The second-order valence-corrected chi connectivity index (χ2v) is 11.1. The summed E-state index contributed by atoms with van der Waals surface area (Å²) in [5.41, 5.74) is 3.66. The van der Waals surface area contributed by atoms with Crippen molar-refractivity contribution in [2.45, 2.75) is 50.5 Å². The predicted molar refractivity (Wildman–Crippen MR) is 130 cm³/mol. The van der Waals surface area contributed by atoms with Gasteiger partial charge in [-0.25, -0.2) is 8.42 Å². The third-order valence-electron chi connectivity index (χ3n) is 6.88. The first kappa shape index (κ1) is 23.9. The van der Waals surface area contributed by atoms with E-state index in [9.17, 15) is 13.2 Å². The molecule has 2 aliphatic rings. The van der Waals surface area contributed by atoms with Gasteiger partial charge in [0.2, 0.25) is 15.9 Å². The Bertz CT molecular complexity index is 1040. The average molecular weight is 470 g/mol. The molecule has 0 spiro atoms. The molecule has 33 heavy (non-hydrogen) atoms. The number of rotatable bonds is 7. The van der Waals surface area contributed by atoms with Gasteiger partial charge in [-0.15, -0.1) is 0 Å². The molecule has 6 nitrogen and oxygen atoms in total. The van der Waals surface area contributed by atoms with Gasteiger partial charge in [0.25, 0.3) is 0 Å². The molecular weight excluding hydrogens is 434 g/mol. The number of piperidine rings is 1. The number of nitrogens with zero attached hydrogens (tertiary/aromatic N) is 3. The SMILES string of the molecule is Cc1ccccc1CN1CCN(C(=O)CCc2ccc(S(=O)(=O)N3CCCCC3)cc2)CC1. The number of piperazine rings is 1. The summed E-state index contributed by atoms with van der Waals surface area (Å²) in [6, 6.07) is 15.5. The summed E-state index contributed by atoms with van der Waals surface area (Å²) in [4.78, 5) is 17.5. The van der Waals surface area contributed by atoms with E-state index >= 15 is 0 Å². The van der Waals surface area contributed by atoms with E-state index in [0.717, 1.165) is 57.5 Å². The highest BCUT2D eigenvalue weighted by molar-refractivity contribution is 7.89. The van der Waals surface area contributed by atoms with Gasteiger partial charge in [0.05, 0.1) is 4.90 Å². The molecule has 2 aromatic carbocycles. The van der Waals surface area contributed by atoms with Crippen LogP contribution in [0.5, 0.6) is 0 Å². The van der Waals surface area contributed by atoms with E-state index in [1.54, 1.807) is 16.4 Å². The van der Waals surface area contributed by atoms with Crippen LogP contribution in [-0.4, -0.2) is 67.7 Å². The lowest BCUT2D eigenvalue weighted by Crippen LogP contribution is -2.48. The second kappa shape index (κ2) is 10.8. The number of sulfonamides is 1. The maximum absolute atomic E-state index is 12.8. The molecule has 2 aliphatic heterocycles. The van der Waals surface area contributed by atoms with Gasteiger partial charge in [-0.3, -0.25) is 9.69 Å². The van der Waals surface area contributed by atoms with Gasteiger partial charge in [-0.2, -0.15) is 4.31 Å². The van der Waals surface area contributed by atoms with Crippen LogP contribution in [0.4, 0.5) is 0 Å². The summed E-state index contributed by atoms with van der Waals surface area (Å²) in [5, 5.41) is 0. The lowest BCUT2D eigenvalue weighted by Gasteiger charge is -2.35. The van der Waals surface area contributed by atoms with Crippen molar-refractivity contribution in [1.82, 2.24) is 14.1 Å². The molecule has 2 aromatic rings. The molecule has 0 unspecified atom stereocenters. The van der Waals surface area contributed by atoms with Crippen molar-refractivity contribution in [3.8, 4) is 0 Å². The summed E-state index contributed by atoms with van der Waals surface area (Å²) in [6.45, 7) is 7.60. The van der Waals surface area contributed by atoms with Crippen LogP contribution in [0.2, 0.25) is 0 Å². The number of hydrogen-bond acceptors (Lipinski definition) is 4. The Hall–Kier alpha value is -2.22. The standard InChI is InChI=1S/C26H35N3O3S/c1-22-7-3-4-8-24(22)21-27-17-19-28(20-18-27)26(30)14-11-23-9-12-25(13-10-23)33(31,32)29-15-5-2-6-16-29/h3-4,7-10,12-13H,2,5-6,11,14-21H2,1H3. The zero-order valence-electron chi connectivity index (χ0n) is 19.6. The normalized spacial score (nSPS) is 18.4. The van der Waals surface area contributed by atoms with Crippen molar-refractivity contribution < 1.29 is 13.2 Å². The van der Waals surface area contributed by atoms with Gasteiger partial charge < -0.3 is 4.90 Å². The second-order valence-electron chi connectivity index (χ2n) is 9.19. The highest BCUT2D eigenvalue weighted by Gasteiger charge is 2.26. The van der Waals surface area contributed by atoms with Crippen LogP contribution in [-0.2, 0) is 27.8 Å². The van der Waals surface area contributed by atoms with E-state index in [4.69, 9.17) is 0 Å². The minimum atomic E-state index is -3.40. The molecule has 2 heterocycles. The van der Waals surface area contributed by atoms with E-state index in [1.807, 2.05) is 17.0 Å². The Labute approximate surface area is 198 Å². The molecule has 4 rings (SSSR count). The van der Waals surface area contributed by atoms with Crippen LogP contribution < -0.4 is 0 Å². The van der Waals surface area contributed by atoms with Gasteiger partial charge in [-0.05, 0) is 55.0 Å². The Morgan fingerprint density at radius 1 is 0.848 bits per heavy atom. The fourth-order valence-corrected chi connectivity index (χ4v) is 6.19. The molecule has 0 aromatic heterocycles. The van der Waals surface area contributed by atoms with Gasteiger partial charge in [0, 0.05) is 52.2 Å². The van der Waals surface area contributed by atoms with Crippen LogP contribution in [0.1, 0.15) is 42.4 Å². The molecule has 178 valence electrons. The minimum Gasteiger partial charge on any atom is -0.340 e. The van der Waals surface area contributed by atoms with Crippen LogP contribution in [0.25, 0.3) is 0 Å². The third kappa shape index (κ3) is 6.02. The summed E-state index contributed by atoms with van der Waals surface area (Å²) >= 11 is 0. The Kier molecular flexibility index (Phi) is 7.83. The van der Waals surface area contributed by atoms with Crippen LogP contribution in [0.15, 0.2) is 53.4 Å². The first-order valence-electron chi connectivity index (χ1n) is 12.1. The third-order valence-corrected chi connectivity index (χ3v) is 8.80. The van der Waals surface area contributed by atoms with E-state index in [1.165, 1.54) is 11.1 Å². The first-order chi connectivity index (χ1) is 15.9. The number of carbonyl (C=O) groups excluding carboxylic acids is 1. The van der Waals surface area contributed by atoms with Crippen molar-refractivity contribution in [1.29, 1.82) is 0 Å². The Morgan fingerprint density at radius 3 is 2.18 bits per heavy atom. The summed E-state index contributed by atoms with van der Waals surface area (Å²) in [6.07, 6.45) is 4.04. The van der Waals surface area contributed by atoms with E-state index in [0.29, 0.717) is 30.8 Å². The van der Waals surface area contributed by atoms with Gasteiger partial charge >= 0.3 is 0 Å². The summed E-state index contributed by atoms with van der Waals surface area (Å²) in [7, 11) is -3.40. The Morgan fingerprint density at radius 2 is 1.52 bits per heavy atom. The summed E-state index contributed by atoms with van der Waals surface area (Å²) < 4.78 is 27.2. The van der Waals surface area contributed by atoms with Crippen LogP contribution in [0.3, 0.4) is 0 Å². The molecule has 0 bridgehead atoms. The van der Waals surface area contributed by atoms with E-state index in [2.05, 4.69) is 36.1 Å². The smallest absolute Gasteiger partial charge is 0.243 e. The van der Waals surface area contributed by atoms with Gasteiger partial charge in [0.15, 0.2) is 0 Å². The quantitative estimate of drug-likeness (QED) is 0.623. The molecule has 2 fully saturated rings. The summed E-state index contributed by atoms with van der Waals surface area (Å²) in [5.74, 6) is 0.176. The van der Waals surface area contributed by atoms with Crippen LogP contribution >= 0.6 is 0 Å². The highest BCUT2D eigenvalue weighted by Crippen LogP contribution is 2.21. The largest absolute Gasteiger partial charge is 0.340 e. The molecule has 0 aliphatic carbocycles. The molecule has 7 heteroatoms. The number of hydrogen-bond donors (Lipinski definition) is 0. The number of amides is 1. The fraction of sp³-hybridized carbons (Fsp3) is 0.500. The zero-order valence-corrected chi connectivity index (χ0v) is 20.4. The topological polar surface area (TPSA) is 60.9 Å². The van der Waals surface area contributed by atoms with E-state index in [-0.39, 0.29) is 5.91 Å². The van der Waals surface area contributed by atoms with Crippen molar-refractivity contribution >= 4 is 15.9 Å². The number of benzene rings is 2. The van der Waals surface area contributed by atoms with Gasteiger partial charge in [0.1, 0.15) is 0 Å². The van der Waals surface area contributed by atoms with Crippen molar-refractivity contribution in [3.05, 3.63) is 65.2 Å². The molecule has 0 saturated carbocycles. The van der Waals surface area contributed by atoms with Gasteiger partial charge in [-0.1, -0.05) is 42.8 Å². The fourth-order valence-electron chi connectivity index (χ4n) is 4.68. The lowest BCUT2D eigenvalue weighted by molar-refractivity contribution is -0.133. The maximum atomic E-state index is 12.8. The number of carbonyl (C=O) groups is 1.